The van der Waals surface area contributed by atoms with E-state index in [-0.39, 0.29) is 12.4 Å². The van der Waals surface area contributed by atoms with Crippen LogP contribution in [0.2, 0.25) is 0 Å². The Hall–Kier alpha value is -1.23. The molecule has 0 N–H and O–H groups in total. The summed E-state index contributed by atoms with van der Waals surface area (Å²) in [6.07, 6.45) is -3.89. The summed E-state index contributed by atoms with van der Waals surface area (Å²) < 4.78 is 41.8. The number of esters is 1. The molecule has 1 atom stereocenters. The maximum atomic E-state index is 12.4. The van der Waals surface area contributed by atoms with Gasteiger partial charge in [-0.3, -0.25) is 4.79 Å². The maximum absolute atomic E-state index is 12.4. The highest BCUT2D eigenvalue weighted by Gasteiger charge is 2.30. The SMILES string of the molecule is CCOC(=O)CCC(Cl)c1ccc(C(F)(F)F)cc1. The Balaban J connectivity index is 2.58. The number of carbonyl (C=O) groups is 1. The van der Waals surface area contributed by atoms with Crippen LogP contribution in [0.5, 0.6) is 0 Å². The van der Waals surface area contributed by atoms with Gasteiger partial charge in [-0.25, -0.2) is 0 Å². The van der Waals surface area contributed by atoms with Crippen LogP contribution < -0.4 is 0 Å². The molecule has 0 saturated carbocycles. The molecule has 0 bridgehead atoms. The summed E-state index contributed by atoms with van der Waals surface area (Å²) in [5.41, 5.74) is -0.163. The standard InChI is InChI=1S/C13H14ClF3O2/c1-2-19-12(18)8-7-11(14)9-3-5-10(6-4-9)13(15,16)17/h3-6,11H,2,7-8H2,1H3. The minimum atomic E-state index is -4.36. The Morgan fingerprint density at radius 1 is 1.32 bits per heavy atom. The van der Waals surface area contributed by atoms with Crippen LogP contribution in [-0.4, -0.2) is 12.6 Å². The Labute approximate surface area is 114 Å². The fourth-order valence-corrected chi connectivity index (χ4v) is 1.78. The van der Waals surface area contributed by atoms with Gasteiger partial charge in [0, 0.05) is 6.42 Å². The van der Waals surface area contributed by atoms with Crippen LogP contribution in [0.15, 0.2) is 24.3 Å². The zero-order valence-electron chi connectivity index (χ0n) is 10.3. The van der Waals surface area contributed by atoms with Gasteiger partial charge in [0.15, 0.2) is 0 Å². The molecule has 0 radical (unpaired) electrons. The minimum Gasteiger partial charge on any atom is -0.466 e. The first kappa shape index (κ1) is 15.8. The number of hydrogen-bond donors (Lipinski definition) is 0. The number of carbonyl (C=O) groups excluding carboxylic acids is 1. The average molecular weight is 295 g/mol. The van der Waals surface area contributed by atoms with E-state index in [0.717, 1.165) is 12.1 Å². The summed E-state index contributed by atoms with van der Waals surface area (Å²) in [6.45, 7) is 2.00. The van der Waals surface area contributed by atoms with Crippen molar-refractivity contribution >= 4 is 17.6 Å². The van der Waals surface area contributed by atoms with Gasteiger partial charge in [0.1, 0.15) is 0 Å². The van der Waals surface area contributed by atoms with Crippen LogP contribution in [0.1, 0.15) is 36.3 Å². The first-order valence-corrected chi connectivity index (χ1v) is 6.25. The van der Waals surface area contributed by atoms with Crippen molar-refractivity contribution in [2.45, 2.75) is 31.3 Å². The molecular formula is C13H14ClF3O2. The molecule has 0 aliphatic rings. The normalized spacial score (nSPS) is 13.1. The molecule has 0 saturated heterocycles. The molecular weight excluding hydrogens is 281 g/mol. The lowest BCUT2D eigenvalue weighted by molar-refractivity contribution is -0.143. The largest absolute Gasteiger partial charge is 0.466 e. The van der Waals surface area contributed by atoms with Crippen molar-refractivity contribution < 1.29 is 22.7 Å². The highest BCUT2D eigenvalue weighted by Crippen LogP contribution is 2.32. The molecule has 1 aromatic carbocycles. The van der Waals surface area contributed by atoms with Gasteiger partial charge in [0.2, 0.25) is 0 Å². The van der Waals surface area contributed by atoms with Crippen molar-refractivity contribution in [1.29, 1.82) is 0 Å². The molecule has 0 aliphatic heterocycles. The third-order valence-electron chi connectivity index (χ3n) is 2.51. The molecule has 1 unspecified atom stereocenters. The lowest BCUT2D eigenvalue weighted by Crippen LogP contribution is -2.06. The molecule has 0 amide bonds. The first-order chi connectivity index (χ1) is 8.84. The predicted molar refractivity (Wildman–Crippen MR) is 65.9 cm³/mol. The molecule has 6 heteroatoms. The summed E-state index contributed by atoms with van der Waals surface area (Å²) in [6, 6.07) is 4.61. The Bertz CT molecular complexity index is 415. The van der Waals surface area contributed by atoms with E-state index in [4.69, 9.17) is 16.3 Å². The van der Waals surface area contributed by atoms with Gasteiger partial charge in [-0.05, 0) is 31.0 Å². The van der Waals surface area contributed by atoms with Crippen LogP contribution in [0.4, 0.5) is 13.2 Å². The fraction of sp³-hybridized carbons (Fsp3) is 0.462. The number of benzene rings is 1. The van der Waals surface area contributed by atoms with Gasteiger partial charge in [0.05, 0.1) is 17.5 Å². The molecule has 0 aliphatic carbocycles. The predicted octanol–water partition coefficient (Wildman–Crippen LogP) is 4.33. The van der Waals surface area contributed by atoms with Crippen molar-refractivity contribution in [3.8, 4) is 0 Å². The highest BCUT2D eigenvalue weighted by atomic mass is 35.5. The fourth-order valence-electron chi connectivity index (χ4n) is 1.53. The lowest BCUT2D eigenvalue weighted by Gasteiger charge is -2.11. The number of alkyl halides is 4. The molecule has 0 fully saturated rings. The van der Waals surface area contributed by atoms with Gasteiger partial charge in [-0.1, -0.05) is 12.1 Å². The van der Waals surface area contributed by atoms with E-state index in [1.807, 2.05) is 0 Å². The van der Waals surface area contributed by atoms with E-state index in [9.17, 15) is 18.0 Å². The number of ether oxygens (including phenoxy) is 1. The third-order valence-corrected chi connectivity index (χ3v) is 2.98. The maximum Gasteiger partial charge on any atom is 0.416 e. The highest BCUT2D eigenvalue weighted by molar-refractivity contribution is 6.20. The lowest BCUT2D eigenvalue weighted by atomic mass is 10.1. The van der Waals surface area contributed by atoms with Gasteiger partial charge in [-0.15, -0.1) is 11.6 Å². The Morgan fingerprint density at radius 2 is 1.89 bits per heavy atom. The van der Waals surface area contributed by atoms with Crippen LogP contribution in [0.25, 0.3) is 0 Å². The number of halogens is 4. The third kappa shape index (κ3) is 5.11. The first-order valence-electron chi connectivity index (χ1n) is 5.81. The van der Waals surface area contributed by atoms with E-state index in [2.05, 4.69) is 0 Å². The van der Waals surface area contributed by atoms with Gasteiger partial charge < -0.3 is 4.74 Å². The quantitative estimate of drug-likeness (QED) is 0.597. The summed E-state index contributed by atoms with van der Waals surface area (Å²) in [4.78, 5) is 11.1. The summed E-state index contributed by atoms with van der Waals surface area (Å²) >= 11 is 6.03. The number of hydrogen-bond acceptors (Lipinski definition) is 2. The van der Waals surface area contributed by atoms with E-state index < -0.39 is 17.1 Å². The van der Waals surface area contributed by atoms with Crippen LogP contribution in [0, 0.1) is 0 Å². The minimum absolute atomic E-state index is 0.142. The van der Waals surface area contributed by atoms with Gasteiger partial charge >= 0.3 is 12.1 Å². The molecule has 0 spiro atoms. The van der Waals surface area contributed by atoms with Crippen molar-refractivity contribution in [2.75, 3.05) is 6.61 Å². The molecule has 19 heavy (non-hydrogen) atoms. The van der Waals surface area contributed by atoms with Crippen LogP contribution >= 0.6 is 11.6 Å². The summed E-state index contributed by atoms with van der Waals surface area (Å²) in [5, 5.41) is -0.508. The summed E-state index contributed by atoms with van der Waals surface area (Å²) in [7, 11) is 0. The monoisotopic (exact) mass is 294 g/mol. The van der Waals surface area contributed by atoms with Crippen molar-refractivity contribution in [3.05, 3.63) is 35.4 Å². The topological polar surface area (TPSA) is 26.3 Å². The second-order valence-electron chi connectivity index (χ2n) is 3.93. The zero-order valence-corrected chi connectivity index (χ0v) is 11.1. The van der Waals surface area contributed by atoms with E-state index in [1.54, 1.807) is 6.92 Å². The van der Waals surface area contributed by atoms with E-state index in [1.165, 1.54) is 12.1 Å². The van der Waals surface area contributed by atoms with Crippen molar-refractivity contribution in [1.82, 2.24) is 0 Å². The van der Waals surface area contributed by atoms with Crippen molar-refractivity contribution in [2.24, 2.45) is 0 Å². The smallest absolute Gasteiger partial charge is 0.416 e. The molecule has 1 rings (SSSR count). The average Bonchev–Trinajstić information content (AvgIpc) is 2.35. The van der Waals surface area contributed by atoms with Gasteiger partial charge in [-0.2, -0.15) is 13.2 Å². The second-order valence-corrected chi connectivity index (χ2v) is 4.46. The number of rotatable bonds is 5. The van der Waals surface area contributed by atoms with Crippen LogP contribution in [-0.2, 0) is 15.7 Å². The van der Waals surface area contributed by atoms with Crippen molar-refractivity contribution in [3.63, 3.8) is 0 Å². The molecule has 0 aromatic heterocycles. The zero-order chi connectivity index (χ0) is 14.5. The van der Waals surface area contributed by atoms with Crippen LogP contribution in [0.3, 0.4) is 0 Å². The molecule has 106 valence electrons. The molecule has 2 nitrogen and oxygen atoms in total. The molecule has 0 heterocycles. The van der Waals surface area contributed by atoms with E-state index in [0.29, 0.717) is 18.6 Å². The Kier molecular flexibility index (Phi) is 5.66. The Morgan fingerprint density at radius 3 is 2.37 bits per heavy atom. The van der Waals surface area contributed by atoms with Gasteiger partial charge in [0.25, 0.3) is 0 Å². The summed E-state index contributed by atoms with van der Waals surface area (Å²) in [5.74, 6) is -0.361. The van der Waals surface area contributed by atoms with E-state index >= 15 is 0 Å². The second kappa shape index (κ2) is 6.80. The molecule has 1 aromatic rings.